The fraction of sp³-hybridized carbons (Fsp3) is 0.429. The van der Waals surface area contributed by atoms with Crippen LogP contribution in [-0.2, 0) is 10.9 Å². The van der Waals surface area contributed by atoms with Crippen LogP contribution in [0.3, 0.4) is 0 Å². The van der Waals surface area contributed by atoms with E-state index in [0.29, 0.717) is 17.5 Å². The zero-order chi connectivity index (χ0) is 14.3. The lowest BCUT2D eigenvalue weighted by Gasteiger charge is -2.25. The van der Waals surface area contributed by atoms with E-state index in [1.807, 2.05) is 4.57 Å². The molecule has 0 radical (unpaired) electrons. The van der Waals surface area contributed by atoms with E-state index in [9.17, 15) is 13.2 Å². The number of aromatic nitrogens is 1. The monoisotopic (exact) mass is 284 g/mol. The summed E-state index contributed by atoms with van der Waals surface area (Å²) in [4.78, 5) is 0. The highest BCUT2D eigenvalue weighted by Crippen LogP contribution is 2.38. The first-order valence-electron chi connectivity index (χ1n) is 6.56. The molecule has 1 aliphatic heterocycles. The van der Waals surface area contributed by atoms with Gasteiger partial charge >= 0.3 is 6.18 Å². The summed E-state index contributed by atoms with van der Waals surface area (Å²) in [5, 5.41) is 0.425. The molecular weight excluding hydrogens is 269 g/mol. The number of benzene rings is 1. The summed E-state index contributed by atoms with van der Waals surface area (Å²) in [6, 6.07) is 4.13. The van der Waals surface area contributed by atoms with Gasteiger partial charge in [-0.2, -0.15) is 13.2 Å². The molecule has 3 nitrogen and oxygen atoms in total. The molecule has 0 saturated carbocycles. The largest absolute Gasteiger partial charge is 0.418 e. The van der Waals surface area contributed by atoms with E-state index >= 15 is 0 Å². The predicted octanol–water partition coefficient (Wildman–Crippen LogP) is 3.94. The molecule has 0 aliphatic carbocycles. The Kier molecular flexibility index (Phi) is 3.12. The van der Waals surface area contributed by atoms with Crippen LogP contribution in [0.5, 0.6) is 0 Å². The average Bonchev–Trinajstić information content (AvgIpc) is 2.83. The topological polar surface area (TPSA) is 40.2 Å². The van der Waals surface area contributed by atoms with Gasteiger partial charge in [0.1, 0.15) is 6.23 Å². The third-order valence-corrected chi connectivity index (χ3v) is 3.72. The lowest BCUT2D eigenvalue weighted by molar-refractivity contribution is -0.136. The minimum Gasteiger partial charge on any atom is -0.398 e. The Balaban J connectivity index is 2.08. The van der Waals surface area contributed by atoms with Crippen molar-refractivity contribution in [2.75, 3.05) is 12.3 Å². The second kappa shape index (κ2) is 4.70. The molecule has 2 aromatic rings. The van der Waals surface area contributed by atoms with Crippen LogP contribution < -0.4 is 5.73 Å². The summed E-state index contributed by atoms with van der Waals surface area (Å²) in [5.41, 5.74) is 5.35. The van der Waals surface area contributed by atoms with Gasteiger partial charge in [-0.1, -0.05) is 0 Å². The first-order valence-corrected chi connectivity index (χ1v) is 6.56. The van der Waals surface area contributed by atoms with Gasteiger partial charge in [-0.05, 0) is 37.5 Å². The Hall–Kier alpha value is -1.69. The van der Waals surface area contributed by atoms with Gasteiger partial charge in [0.05, 0.1) is 16.8 Å². The van der Waals surface area contributed by atoms with Crippen LogP contribution in [0.25, 0.3) is 10.9 Å². The number of nitrogens with zero attached hydrogens (tertiary/aromatic N) is 1. The normalized spacial score (nSPS) is 20.4. The van der Waals surface area contributed by atoms with Crippen molar-refractivity contribution in [2.45, 2.75) is 31.7 Å². The SMILES string of the molecule is Nc1c(C(F)(F)F)ccc2c1ccn2C1CCCCO1. The Morgan fingerprint density at radius 1 is 1.20 bits per heavy atom. The van der Waals surface area contributed by atoms with Crippen LogP contribution >= 0.6 is 0 Å². The van der Waals surface area contributed by atoms with Gasteiger partial charge in [0.2, 0.25) is 0 Å². The van der Waals surface area contributed by atoms with Gasteiger partial charge in [-0.15, -0.1) is 0 Å². The first kappa shape index (κ1) is 13.3. The molecular formula is C14H15F3N2O. The molecule has 0 bridgehead atoms. The van der Waals surface area contributed by atoms with Gasteiger partial charge in [0, 0.05) is 18.2 Å². The molecule has 0 amide bonds. The highest BCUT2D eigenvalue weighted by Gasteiger charge is 2.34. The minimum atomic E-state index is -4.43. The molecule has 1 fully saturated rings. The number of halogens is 3. The number of nitrogens with two attached hydrogens (primary N) is 1. The molecule has 108 valence electrons. The number of ether oxygens (including phenoxy) is 1. The van der Waals surface area contributed by atoms with E-state index in [1.54, 1.807) is 12.3 Å². The van der Waals surface area contributed by atoms with Crippen molar-refractivity contribution in [3.63, 3.8) is 0 Å². The predicted molar refractivity (Wildman–Crippen MR) is 70.2 cm³/mol. The van der Waals surface area contributed by atoms with Crippen molar-refractivity contribution in [3.8, 4) is 0 Å². The van der Waals surface area contributed by atoms with E-state index in [1.165, 1.54) is 6.07 Å². The second-order valence-electron chi connectivity index (χ2n) is 5.00. The van der Waals surface area contributed by atoms with Crippen LogP contribution in [-0.4, -0.2) is 11.2 Å². The lowest BCUT2D eigenvalue weighted by Crippen LogP contribution is -2.17. The maximum atomic E-state index is 12.8. The zero-order valence-electron chi connectivity index (χ0n) is 10.8. The number of anilines is 1. The summed E-state index contributed by atoms with van der Waals surface area (Å²) in [7, 11) is 0. The van der Waals surface area contributed by atoms with Crippen molar-refractivity contribution in [3.05, 3.63) is 30.0 Å². The fourth-order valence-electron chi connectivity index (χ4n) is 2.70. The molecule has 1 aliphatic rings. The third-order valence-electron chi connectivity index (χ3n) is 3.72. The van der Waals surface area contributed by atoms with Crippen LogP contribution in [0.2, 0.25) is 0 Å². The van der Waals surface area contributed by atoms with Gasteiger partial charge in [-0.3, -0.25) is 0 Å². The van der Waals surface area contributed by atoms with Crippen molar-refractivity contribution in [1.82, 2.24) is 4.57 Å². The lowest BCUT2D eigenvalue weighted by atomic mass is 10.1. The molecule has 20 heavy (non-hydrogen) atoms. The Morgan fingerprint density at radius 2 is 2.00 bits per heavy atom. The summed E-state index contributed by atoms with van der Waals surface area (Å²) < 4.78 is 46.0. The van der Waals surface area contributed by atoms with Gasteiger partial charge < -0.3 is 15.0 Å². The standard InChI is InChI=1S/C14H15F3N2O/c15-14(16,17)10-4-5-11-9(13(10)18)6-7-19(11)12-3-1-2-8-20-12/h4-7,12H,1-3,8,18H2. The summed E-state index contributed by atoms with van der Waals surface area (Å²) in [6.45, 7) is 0.681. The molecule has 1 unspecified atom stereocenters. The minimum absolute atomic E-state index is 0.114. The van der Waals surface area contributed by atoms with E-state index in [2.05, 4.69) is 0 Å². The fourth-order valence-corrected chi connectivity index (χ4v) is 2.70. The molecule has 2 N–H and O–H groups in total. The zero-order valence-corrected chi connectivity index (χ0v) is 10.8. The molecule has 1 aromatic carbocycles. The first-order chi connectivity index (χ1) is 9.48. The summed E-state index contributed by atoms with van der Waals surface area (Å²) >= 11 is 0. The van der Waals surface area contributed by atoms with Gasteiger partial charge in [-0.25, -0.2) is 0 Å². The summed E-state index contributed by atoms with van der Waals surface area (Å²) in [6.07, 6.45) is 0.150. The van der Waals surface area contributed by atoms with Crippen molar-refractivity contribution in [1.29, 1.82) is 0 Å². The molecule has 0 spiro atoms. The second-order valence-corrected chi connectivity index (χ2v) is 5.00. The van der Waals surface area contributed by atoms with E-state index in [-0.39, 0.29) is 11.9 Å². The Bertz CT molecular complexity index is 627. The molecule has 1 saturated heterocycles. The number of nitrogen functional groups attached to an aromatic ring is 1. The number of fused-ring (bicyclic) bond motifs is 1. The number of rotatable bonds is 1. The van der Waals surface area contributed by atoms with E-state index in [4.69, 9.17) is 10.5 Å². The molecule has 3 rings (SSSR count). The van der Waals surface area contributed by atoms with Crippen molar-refractivity contribution >= 4 is 16.6 Å². The van der Waals surface area contributed by atoms with Crippen LogP contribution in [0.15, 0.2) is 24.4 Å². The van der Waals surface area contributed by atoms with Crippen LogP contribution in [0.1, 0.15) is 31.1 Å². The molecule has 2 heterocycles. The smallest absolute Gasteiger partial charge is 0.398 e. The third kappa shape index (κ3) is 2.14. The van der Waals surface area contributed by atoms with Crippen LogP contribution in [0.4, 0.5) is 18.9 Å². The van der Waals surface area contributed by atoms with Crippen molar-refractivity contribution in [2.24, 2.45) is 0 Å². The summed E-state index contributed by atoms with van der Waals surface area (Å²) in [5.74, 6) is 0. The molecule has 6 heteroatoms. The number of hydrogen-bond donors (Lipinski definition) is 1. The maximum Gasteiger partial charge on any atom is 0.418 e. The van der Waals surface area contributed by atoms with Crippen molar-refractivity contribution < 1.29 is 17.9 Å². The van der Waals surface area contributed by atoms with E-state index in [0.717, 1.165) is 25.3 Å². The van der Waals surface area contributed by atoms with Gasteiger partial charge in [0.15, 0.2) is 0 Å². The maximum absolute atomic E-state index is 12.8. The Morgan fingerprint density at radius 3 is 2.65 bits per heavy atom. The molecule has 1 aromatic heterocycles. The quantitative estimate of drug-likeness (QED) is 0.806. The Labute approximate surface area is 114 Å². The van der Waals surface area contributed by atoms with Gasteiger partial charge in [0.25, 0.3) is 0 Å². The molecule has 1 atom stereocenters. The number of hydrogen-bond acceptors (Lipinski definition) is 2. The average molecular weight is 284 g/mol. The highest BCUT2D eigenvalue weighted by molar-refractivity contribution is 5.93. The highest BCUT2D eigenvalue weighted by atomic mass is 19.4. The number of alkyl halides is 3. The van der Waals surface area contributed by atoms with E-state index < -0.39 is 11.7 Å². The van der Waals surface area contributed by atoms with Crippen LogP contribution in [0, 0.1) is 0 Å².